The molecule has 0 aliphatic carbocycles. The zero-order valence-corrected chi connectivity index (χ0v) is 18.8. The fraction of sp³-hybridized carbons (Fsp3) is 0.304. The summed E-state index contributed by atoms with van der Waals surface area (Å²) in [6, 6.07) is 14.5. The molecule has 0 atom stereocenters. The van der Waals surface area contributed by atoms with Crippen molar-refractivity contribution in [2.45, 2.75) is 29.9 Å². The van der Waals surface area contributed by atoms with Gasteiger partial charge in [-0.3, -0.25) is 0 Å². The van der Waals surface area contributed by atoms with Gasteiger partial charge in [-0.1, -0.05) is 44.2 Å². The summed E-state index contributed by atoms with van der Waals surface area (Å²) < 4.78 is 27.1. The van der Waals surface area contributed by atoms with Crippen molar-refractivity contribution in [3.05, 3.63) is 65.4 Å². The van der Waals surface area contributed by atoms with Crippen molar-refractivity contribution >= 4 is 15.8 Å². The zero-order chi connectivity index (χ0) is 22.6. The summed E-state index contributed by atoms with van der Waals surface area (Å²) in [4.78, 5) is 14.2. The van der Waals surface area contributed by atoms with E-state index < -0.39 is 15.8 Å². The van der Waals surface area contributed by atoms with E-state index in [9.17, 15) is 18.3 Å². The summed E-state index contributed by atoms with van der Waals surface area (Å²) in [5.41, 5.74) is 2.74. The normalized spacial score (nSPS) is 14.9. The standard InChI is InChI=1S/C23H25N3O4S/c1-23(2,14-25(3)4)15-9-11-16(12-10-15)26-21-17-7-5-6-8-19(17)31(29,30)13-18(21)20(24-26)22(27)28/h5-12H,13-14H2,1-4H3,(H,27,28). The van der Waals surface area contributed by atoms with Crippen molar-refractivity contribution in [3.8, 4) is 16.9 Å². The highest BCUT2D eigenvalue weighted by Crippen LogP contribution is 2.40. The second-order valence-corrected chi connectivity index (χ2v) is 10.8. The SMILES string of the molecule is CN(C)CC(C)(C)c1ccc(-n2nc(C(=O)O)c3c2-c2ccccc2S(=O)(=O)C3)cc1. The number of fused-ring (bicyclic) bond motifs is 3. The molecule has 7 nitrogen and oxygen atoms in total. The monoisotopic (exact) mass is 439 g/mol. The second-order valence-electron chi connectivity index (χ2n) is 8.82. The second kappa shape index (κ2) is 7.32. The predicted molar refractivity (Wildman–Crippen MR) is 118 cm³/mol. The lowest BCUT2D eigenvalue weighted by Crippen LogP contribution is -2.32. The molecule has 1 aromatic heterocycles. The molecule has 8 heteroatoms. The molecule has 1 aliphatic heterocycles. The van der Waals surface area contributed by atoms with Crippen molar-refractivity contribution in [1.29, 1.82) is 0 Å². The van der Waals surface area contributed by atoms with Gasteiger partial charge in [0.1, 0.15) is 0 Å². The number of carboxylic acid groups (broad SMARTS) is 1. The van der Waals surface area contributed by atoms with Gasteiger partial charge in [-0.05, 0) is 37.9 Å². The molecule has 0 bridgehead atoms. The van der Waals surface area contributed by atoms with Crippen molar-refractivity contribution in [2.75, 3.05) is 20.6 Å². The Kier molecular flexibility index (Phi) is 5.02. The number of hydrogen-bond acceptors (Lipinski definition) is 5. The van der Waals surface area contributed by atoms with Gasteiger partial charge in [-0.15, -0.1) is 0 Å². The van der Waals surface area contributed by atoms with Gasteiger partial charge in [-0.2, -0.15) is 5.10 Å². The van der Waals surface area contributed by atoms with E-state index in [4.69, 9.17) is 0 Å². The number of aromatic nitrogens is 2. The third kappa shape index (κ3) is 3.66. The van der Waals surface area contributed by atoms with Gasteiger partial charge in [0.05, 0.1) is 22.0 Å². The van der Waals surface area contributed by atoms with E-state index in [2.05, 4.69) is 23.8 Å². The van der Waals surface area contributed by atoms with Crippen LogP contribution in [0.15, 0.2) is 53.4 Å². The maximum absolute atomic E-state index is 12.8. The van der Waals surface area contributed by atoms with Crippen molar-refractivity contribution in [2.24, 2.45) is 0 Å². The quantitative estimate of drug-likeness (QED) is 0.655. The van der Waals surface area contributed by atoms with Gasteiger partial charge in [-0.25, -0.2) is 17.9 Å². The molecule has 0 spiro atoms. The molecule has 1 aliphatic rings. The van der Waals surface area contributed by atoms with E-state index in [1.807, 2.05) is 38.4 Å². The van der Waals surface area contributed by atoms with E-state index in [0.717, 1.165) is 12.1 Å². The lowest BCUT2D eigenvalue weighted by atomic mass is 9.84. The fourth-order valence-corrected chi connectivity index (χ4v) is 5.95. The Labute approximate surface area is 181 Å². The summed E-state index contributed by atoms with van der Waals surface area (Å²) in [6.45, 7) is 5.21. The minimum atomic E-state index is -3.64. The number of carboxylic acids is 1. The summed E-state index contributed by atoms with van der Waals surface area (Å²) in [5, 5.41) is 14.0. The zero-order valence-electron chi connectivity index (χ0n) is 18.0. The number of nitrogens with zero attached hydrogens (tertiary/aromatic N) is 3. The highest BCUT2D eigenvalue weighted by atomic mass is 32.2. The van der Waals surface area contributed by atoms with Crippen LogP contribution in [-0.2, 0) is 21.0 Å². The van der Waals surface area contributed by atoms with Crippen LogP contribution in [0.25, 0.3) is 16.9 Å². The van der Waals surface area contributed by atoms with Crippen LogP contribution in [0, 0.1) is 0 Å². The average molecular weight is 440 g/mol. The highest BCUT2D eigenvalue weighted by Gasteiger charge is 2.36. The van der Waals surface area contributed by atoms with Gasteiger partial charge >= 0.3 is 5.97 Å². The number of likely N-dealkylation sites (N-methyl/N-ethyl adjacent to an activating group) is 1. The lowest BCUT2D eigenvalue weighted by Gasteiger charge is -2.29. The van der Waals surface area contributed by atoms with Crippen molar-refractivity contribution in [3.63, 3.8) is 0 Å². The molecule has 0 radical (unpaired) electrons. The first-order valence-corrected chi connectivity index (χ1v) is 11.6. The van der Waals surface area contributed by atoms with Crippen LogP contribution in [0.1, 0.15) is 35.5 Å². The molecule has 0 amide bonds. The summed E-state index contributed by atoms with van der Waals surface area (Å²) in [5.74, 6) is -1.62. The maximum Gasteiger partial charge on any atom is 0.356 e. The van der Waals surface area contributed by atoms with Crippen molar-refractivity contribution in [1.82, 2.24) is 14.7 Å². The molecule has 0 fully saturated rings. The molecule has 31 heavy (non-hydrogen) atoms. The van der Waals surface area contributed by atoms with Crippen LogP contribution in [0.4, 0.5) is 0 Å². The van der Waals surface area contributed by atoms with Gasteiger partial charge in [0.25, 0.3) is 0 Å². The number of rotatable bonds is 5. The molecule has 0 unspecified atom stereocenters. The van der Waals surface area contributed by atoms with Crippen LogP contribution in [0.2, 0.25) is 0 Å². The third-order valence-corrected chi connectivity index (χ3v) is 7.30. The van der Waals surface area contributed by atoms with Crippen molar-refractivity contribution < 1.29 is 18.3 Å². The van der Waals surface area contributed by atoms with Crippen LogP contribution in [-0.4, -0.2) is 54.8 Å². The van der Waals surface area contributed by atoms with Gasteiger partial charge in [0.15, 0.2) is 15.5 Å². The lowest BCUT2D eigenvalue weighted by molar-refractivity contribution is 0.0689. The van der Waals surface area contributed by atoms with E-state index >= 15 is 0 Å². The minimum absolute atomic E-state index is 0.0710. The fourth-order valence-electron chi connectivity index (χ4n) is 4.36. The molecular weight excluding hydrogens is 414 g/mol. The van der Waals surface area contributed by atoms with E-state index in [1.54, 1.807) is 28.9 Å². The number of hydrogen-bond donors (Lipinski definition) is 1. The summed E-state index contributed by atoms with van der Waals surface area (Å²) in [7, 11) is 0.426. The van der Waals surface area contributed by atoms with E-state index in [0.29, 0.717) is 16.9 Å². The average Bonchev–Trinajstić information content (AvgIpc) is 3.06. The Hall–Kier alpha value is -2.97. The number of sulfone groups is 1. The highest BCUT2D eigenvalue weighted by molar-refractivity contribution is 7.90. The van der Waals surface area contributed by atoms with Crippen LogP contribution < -0.4 is 0 Å². The van der Waals surface area contributed by atoms with Crippen LogP contribution in [0.5, 0.6) is 0 Å². The largest absolute Gasteiger partial charge is 0.476 e. The molecule has 2 heterocycles. The molecule has 162 valence electrons. The first-order valence-electron chi connectivity index (χ1n) is 9.94. The molecule has 0 saturated heterocycles. The molecule has 2 aromatic carbocycles. The predicted octanol–water partition coefficient (Wildman–Crippen LogP) is 3.36. The molecule has 0 saturated carbocycles. The Morgan fingerprint density at radius 2 is 1.77 bits per heavy atom. The molecule has 4 rings (SSSR count). The van der Waals surface area contributed by atoms with Crippen LogP contribution >= 0.6 is 0 Å². The summed E-state index contributed by atoms with van der Waals surface area (Å²) in [6.07, 6.45) is 0. The van der Waals surface area contributed by atoms with Gasteiger partial charge in [0.2, 0.25) is 0 Å². The smallest absolute Gasteiger partial charge is 0.356 e. The third-order valence-electron chi connectivity index (χ3n) is 5.60. The first kappa shape index (κ1) is 21.3. The minimum Gasteiger partial charge on any atom is -0.476 e. The number of carbonyl (C=O) groups is 1. The Morgan fingerprint density at radius 3 is 2.39 bits per heavy atom. The Balaban J connectivity index is 1.88. The van der Waals surface area contributed by atoms with E-state index in [-0.39, 0.29) is 27.3 Å². The molecular formula is C23H25N3O4S. The van der Waals surface area contributed by atoms with E-state index in [1.165, 1.54) is 0 Å². The molecule has 1 N–H and O–H groups in total. The Bertz CT molecular complexity index is 1270. The summed E-state index contributed by atoms with van der Waals surface area (Å²) >= 11 is 0. The maximum atomic E-state index is 12.8. The topological polar surface area (TPSA) is 92.5 Å². The van der Waals surface area contributed by atoms with Gasteiger partial charge in [0, 0.05) is 23.1 Å². The van der Waals surface area contributed by atoms with Gasteiger partial charge < -0.3 is 10.0 Å². The number of aromatic carboxylic acids is 1. The first-order chi connectivity index (χ1) is 14.5. The molecule has 3 aromatic rings. The van der Waals surface area contributed by atoms with Crippen LogP contribution in [0.3, 0.4) is 0 Å². The number of benzene rings is 2. The Morgan fingerprint density at radius 1 is 1.13 bits per heavy atom.